The average Bonchev–Trinajstić information content (AvgIpc) is 2.85. The lowest BCUT2D eigenvalue weighted by atomic mass is 9.73. The van der Waals surface area contributed by atoms with Gasteiger partial charge in [-0.05, 0) is 42.9 Å². The van der Waals surface area contributed by atoms with Gasteiger partial charge in [0.15, 0.2) is 0 Å². The summed E-state index contributed by atoms with van der Waals surface area (Å²) < 4.78 is 43.6. The summed E-state index contributed by atoms with van der Waals surface area (Å²) in [5.74, 6) is -0.321. The number of ether oxygens (including phenoxy) is 1. The van der Waals surface area contributed by atoms with Crippen molar-refractivity contribution in [2.24, 2.45) is 11.7 Å². The standard InChI is InChI=1S/C15H18F3NO/c16-15(17,18)11-3-6-14(19,7-4-11)12-1-2-13-10(9-12)5-8-20-13/h1-2,9,11H,3-8,19H2. The van der Waals surface area contributed by atoms with E-state index in [-0.39, 0.29) is 12.8 Å². The first-order chi connectivity index (χ1) is 9.38. The molecule has 0 spiro atoms. The first-order valence-corrected chi connectivity index (χ1v) is 7.00. The Morgan fingerprint density at radius 3 is 2.55 bits per heavy atom. The van der Waals surface area contributed by atoms with E-state index in [1.54, 1.807) is 0 Å². The monoisotopic (exact) mass is 285 g/mol. The van der Waals surface area contributed by atoms with Gasteiger partial charge in [-0.2, -0.15) is 13.2 Å². The van der Waals surface area contributed by atoms with Gasteiger partial charge in [0.2, 0.25) is 0 Å². The molecule has 1 aromatic rings. The van der Waals surface area contributed by atoms with Crippen molar-refractivity contribution in [2.75, 3.05) is 6.61 Å². The molecular formula is C15H18F3NO. The Kier molecular flexibility index (Phi) is 3.20. The molecule has 1 saturated carbocycles. The second-order valence-electron chi connectivity index (χ2n) is 5.89. The minimum atomic E-state index is -4.09. The number of alkyl halides is 3. The number of hydrogen-bond acceptors (Lipinski definition) is 2. The molecular weight excluding hydrogens is 267 g/mol. The molecule has 0 radical (unpaired) electrons. The molecule has 1 aromatic carbocycles. The van der Waals surface area contributed by atoms with Crippen molar-refractivity contribution < 1.29 is 17.9 Å². The summed E-state index contributed by atoms with van der Waals surface area (Å²) in [5, 5.41) is 0. The normalized spacial score (nSPS) is 29.9. The van der Waals surface area contributed by atoms with Crippen molar-refractivity contribution in [2.45, 2.75) is 43.8 Å². The number of halogens is 3. The predicted molar refractivity (Wildman–Crippen MR) is 69.5 cm³/mol. The molecule has 2 aliphatic rings. The Morgan fingerprint density at radius 1 is 1.20 bits per heavy atom. The maximum atomic E-state index is 12.7. The van der Waals surface area contributed by atoms with Gasteiger partial charge >= 0.3 is 6.18 Å². The van der Waals surface area contributed by atoms with Gasteiger partial charge in [0.25, 0.3) is 0 Å². The van der Waals surface area contributed by atoms with Crippen LogP contribution in [0.1, 0.15) is 36.8 Å². The van der Waals surface area contributed by atoms with Crippen molar-refractivity contribution in [1.29, 1.82) is 0 Å². The third-order valence-corrected chi connectivity index (χ3v) is 4.61. The highest BCUT2D eigenvalue weighted by molar-refractivity contribution is 5.42. The zero-order chi connectivity index (χ0) is 14.4. The van der Waals surface area contributed by atoms with Gasteiger partial charge in [0.05, 0.1) is 12.5 Å². The minimum Gasteiger partial charge on any atom is -0.493 e. The Labute approximate surface area is 116 Å². The van der Waals surface area contributed by atoms with Crippen LogP contribution in [0.2, 0.25) is 0 Å². The van der Waals surface area contributed by atoms with Crippen LogP contribution in [0.4, 0.5) is 13.2 Å². The van der Waals surface area contributed by atoms with Crippen LogP contribution < -0.4 is 10.5 Å². The molecule has 2 nitrogen and oxygen atoms in total. The Hall–Kier alpha value is -1.23. The van der Waals surface area contributed by atoms with Crippen LogP contribution in [0.15, 0.2) is 18.2 Å². The van der Waals surface area contributed by atoms with Gasteiger partial charge in [0, 0.05) is 12.0 Å². The fourth-order valence-corrected chi connectivity index (χ4v) is 3.25. The molecule has 3 rings (SSSR count). The fraction of sp³-hybridized carbons (Fsp3) is 0.600. The molecule has 20 heavy (non-hydrogen) atoms. The molecule has 110 valence electrons. The van der Waals surface area contributed by atoms with E-state index in [0.29, 0.717) is 19.4 Å². The maximum absolute atomic E-state index is 12.7. The van der Waals surface area contributed by atoms with E-state index in [4.69, 9.17) is 10.5 Å². The van der Waals surface area contributed by atoms with E-state index >= 15 is 0 Å². The molecule has 0 aromatic heterocycles. The molecule has 0 atom stereocenters. The number of hydrogen-bond donors (Lipinski definition) is 1. The molecule has 1 aliphatic heterocycles. The van der Waals surface area contributed by atoms with Crippen molar-refractivity contribution >= 4 is 0 Å². The van der Waals surface area contributed by atoms with E-state index < -0.39 is 17.6 Å². The quantitative estimate of drug-likeness (QED) is 0.856. The van der Waals surface area contributed by atoms with Crippen LogP contribution in [0.3, 0.4) is 0 Å². The molecule has 0 saturated heterocycles. The summed E-state index contributed by atoms with van der Waals surface area (Å²) in [7, 11) is 0. The molecule has 1 heterocycles. The van der Waals surface area contributed by atoms with Gasteiger partial charge in [-0.25, -0.2) is 0 Å². The van der Waals surface area contributed by atoms with Crippen molar-refractivity contribution in [3.63, 3.8) is 0 Å². The first kappa shape index (κ1) is 13.7. The lowest BCUT2D eigenvalue weighted by Gasteiger charge is -2.38. The zero-order valence-electron chi connectivity index (χ0n) is 11.2. The van der Waals surface area contributed by atoms with E-state index in [1.807, 2.05) is 18.2 Å². The molecule has 1 fully saturated rings. The van der Waals surface area contributed by atoms with Crippen LogP contribution in [0.25, 0.3) is 0 Å². The van der Waals surface area contributed by atoms with Crippen LogP contribution in [0, 0.1) is 5.92 Å². The predicted octanol–water partition coefficient (Wildman–Crippen LogP) is 3.53. The lowest BCUT2D eigenvalue weighted by Crippen LogP contribution is -2.43. The van der Waals surface area contributed by atoms with Crippen molar-refractivity contribution in [3.8, 4) is 5.75 Å². The van der Waals surface area contributed by atoms with Crippen molar-refractivity contribution in [3.05, 3.63) is 29.3 Å². The van der Waals surface area contributed by atoms with Gasteiger partial charge in [-0.15, -0.1) is 0 Å². The summed E-state index contributed by atoms with van der Waals surface area (Å²) >= 11 is 0. The van der Waals surface area contributed by atoms with Gasteiger partial charge in [-0.3, -0.25) is 0 Å². The second kappa shape index (κ2) is 4.65. The molecule has 1 aliphatic carbocycles. The lowest BCUT2D eigenvalue weighted by molar-refractivity contribution is -0.184. The molecule has 2 N–H and O–H groups in total. The largest absolute Gasteiger partial charge is 0.493 e. The second-order valence-corrected chi connectivity index (χ2v) is 5.89. The summed E-state index contributed by atoms with van der Waals surface area (Å²) in [4.78, 5) is 0. The molecule has 0 amide bonds. The fourth-order valence-electron chi connectivity index (χ4n) is 3.25. The summed E-state index contributed by atoms with van der Waals surface area (Å²) in [6.07, 6.45) is -2.23. The Balaban J connectivity index is 1.77. The number of nitrogens with two attached hydrogens (primary N) is 1. The Bertz CT molecular complexity index is 504. The van der Waals surface area contributed by atoms with Crippen LogP contribution in [-0.4, -0.2) is 12.8 Å². The zero-order valence-corrected chi connectivity index (χ0v) is 11.2. The molecule has 0 unspecified atom stereocenters. The maximum Gasteiger partial charge on any atom is 0.391 e. The average molecular weight is 285 g/mol. The summed E-state index contributed by atoms with van der Waals surface area (Å²) in [5.41, 5.74) is 7.81. The summed E-state index contributed by atoms with van der Waals surface area (Å²) in [6.45, 7) is 0.673. The highest BCUT2D eigenvalue weighted by atomic mass is 19.4. The van der Waals surface area contributed by atoms with Crippen LogP contribution in [0.5, 0.6) is 5.75 Å². The van der Waals surface area contributed by atoms with E-state index in [1.165, 1.54) is 0 Å². The SMILES string of the molecule is NC1(c2ccc3c(c2)CCO3)CCC(C(F)(F)F)CC1. The van der Waals surface area contributed by atoms with Crippen molar-refractivity contribution in [1.82, 2.24) is 0 Å². The Morgan fingerprint density at radius 2 is 1.90 bits per heavy atom. The summed E-state index contributed by atoms with van der Waals surface area (Å²) in [6, 6.07) is 5.80. The minimum absolute atomic E-state index is 0.119. The van der Waals surface area contributed by atoms with E-state index in [0.717, 1.165) is 23.3 Å². The first-order valence-electron chi connectivity index (χ1n) is 7.00. The topological polar surface area (TPSA) is 35.2 Å². The third kappa shape index (κ3) is 2.39. The van der Waals surface area contributed by atoms with Gasteiger partial charge in [0.1, 0.15) is 5.75 Å². The molecule has 5 heteroatoms. The van der Waals surface area contributed by atoms with E-state index in [9.17, 15) is 13.2 Å². The smallest absolute Gasteiger partial charge is 0.391 e. The van der Waals surface area contributed by atoms with Gasteiger partial charge in [-0.1, -0.05) is 12.1 Å². The third-order valence-electron chi connectivity index (χ3n) is 4.61. The highest BCUT2D eigenvalue weighted by Crippen LogP contribution is 2.44. The molecule has 0 bridgehead atoms. The van der Waals surface area contributed by atoms with Crippen LogP contribution in [-0.2, 0) is 12.0 Å². The van der Waals surface area contributed by atoms with E-state index in [2.05, 4.69) is 0 Å². The number of benzene rings is 1. The highest BCUT2D eigenvalue weighted by Gasteiger charge is 2.45. The number of rotatable bonds is 1. The van der Waals surface area contributed by atoms with Crippen LogP contribution >= 0.6 is 0 Å². The van der Waals surface area contributed by atoms with Gasteiger partial charge < -0.3 is 10.5 Å². The number of fused-ring (bicyclic) bond motifs is 1.